The molecule has 7 heteroatoms. The van der Waals surface area contributed by atoms with Crippen molar-refractivity contribution in [1.29, 1.82) is 0 Å². The van der Waals surface area contributed by atoms with Gasteiger partial charge in [-0.15, -0.1) is 0 Å². The molecule has 0 radical (unpaired) electrons. The van der Waals surface area contributed by atoms with Gasteiger partial charge in [-0.25, -0.2) is 9.07 Å². The average Bonchev–Trinajstić information content (AvgIpc) is 3.20. The number of aromatic nitrogens is 2. The molecule has 184 valence electrons. The topological polar surface area (TPSA) is 56.1 Å². The van der Waals surface area contributed by atoms with Gasteiger partial charge in [0.1, 0.15) is 17.7 Å². The zero-order chi connectivity index (χ0) is 24.5. The molecule has 0 aliphatic rings. The standard InChI is InChI=1S/C27H27ClFN3O2.CH4/c1-17(31-26(33)27(2,3)4)25(18-6-5-7-20(28)14-18)34-23-12-13-24-19(15-23)16-30-32(24)22-10-8-21(29)9-11-22;/h5-17,25H,1-4H3,(H,31,33);1H4/t17-,25-;/m0./s1. The van der Waals surface area contributed by atoms with Crippen LogP contribution in [-0.2, 0) is 4.79 Å². The van der Waals surface area contributed by atoms with Gasteiger partial charge in [0.25, 0.3) is 0 Å². The largest absolute Gasteiger partial charge is 0.484 e. The molecular weight excluding hydrogens is 465 g/mol. The van der Waals surface area contributed by atoms with Crippen LogP contribution in [0, 0.1) is 11.2 Å². The van der Waals surface area contributed by atoms with E-state index in [-0.39, 0.29) is 25.2 Å². The van der Waals surface area contributed by atoms with E-state index in [0.717, 1.165) is 22.2 Å². The van der Waals surface area contributed by atoms with Crippen molar-refractivity contribution in [1.82, 2.24) is 15.1 Å². The first-order chi connectivity index (χ1) is 16.1. The number of hydrogen-bond donors (Lipinski definition) is 1. The van der Waals surface area contributed by atoms with Crippen molar-refractivity contribution in [3.05, 3.63) is 89.3 Å². The predicted octanol–water partition coefficient (Wildman–Crippen LogP) is 7.13. The van der Waals surface area contributed by atoms with Gasteiger partial charge >= 0.3 is 0 Å². The Hall–Kier alpha value is -3.38. The summed E-state index contributed by atoms with van der Waals surface area (Å²) in [6, 6.07) is 19.0. The summed E-state index contributed by atoms with van der Waals surface area (Å²) in [5.41, 5.74) is 1.96. The number of nitrogens with zero attached hydrogens (tertiary/aromatic N) is 2. The van der Waals surface area contributed by atoms with Gasteiger partial charge in [0, 0.05) is 15.8 Å². The number of carbonyl (C=O) groups is 1. The molecule has 0 unspecified atom stereocenters. The second-order valence-electron chi connectivity index (χ2n) is 9.36. The van der Waals surface area contributed by atoms with Crippen LogP contribution < -0.4 is 10.1 Å². The summed E-state index contributed by atoms with van der Waals surface area (Å²) in [4.78, 5) is 12.6. The Bertz CT molecular complexity index is 1310. The van der Waals surface area contributed by atoms with Gasteiger partial charge in [-0.3, -0.25) is 4.79 Å². The fourth-order valence-corrected chi connectivity index (χ4v) is 3.86. The SMILES string of the molecule is C.C[C@H](NC(=O)C(C)(C)C)[C@H](Oc1ccc2c(cnn2-c2ccc(F)cc2)c1)c1cccc(Cl)c1. The summed E-state index contributed by atoms with van der Waals surface area (Å²) in [7, 11) is 0. The van der Waals surface area contributed by atoms with E-state index >= 15 is 0 Å². The third-order valence-corrected chi connectivity index (χ3v) is 5.78. The van der Waals surface area contributed by atoms with Crippen molar-refractivity contribution in [2.45, 2.75) is 47.3 Å². The van der Waals surface area contributed by atoms with E-state index in [9.17, 15) is 9.18 Å². The molecule has 0 saturated heterocycles. The number of carbonyl (C=O) groups excluding carboxylic acids is 1. The summed E-state index contributed by atoms with van der Waals surface area (Å²) in [5.74, 6) is 0.273. The highest BCUT2D eigenvalue weighted by Crippen LogP contribution is 2.30. The zero-order valence-electron chi connectivity index (χ0n) is 19.5. The van der Waals surface area contributed by atoms with Crippen LogP contribution in [0.3, 0.4) is 0 Å². The maximum absolute atomic E-state index is 13.3. The van der Waals surface area contributed by atoms with Crippen molar-refractivity contribution in [3.8, 4) is 11.4 Å². The summed E-state index contributed by atoms with van der Waals surface area (Å²) in [6.45, 7) is 7.53. The minimum Gasteiger partial charge on any atom is -0.484 e. The third kappa shape index (κ3) is 6.01. The Morgan fingerprint density at radius 3 is 2.46 bits per heavy atom. The van der Waals surface area contributed by atoms with Crippen LogP contribution >= 0.6 is 11.6 Å². The van der Waals surface area contributed by atoms with Crippen LogP contribution in [0.5, 0.6) is 5.75 Å². The molecule has 5 nitrogen and oxygen atoms in total. The monoisotopic (exact) mass is 495 g/mol. The molecule has 1 heterocycles. The van der Waals surface area contributed by atoms with Gasteiger partial charge in [-0.1, -0.05) is 51.9 Å². The molecule has 1 aromatic heterocycles. The van der Waals surface area contributed by atoms with E-state index in [0.29, 0.717) is 10.8 Å². The summed E-state index contributed by atoms with van der Waals surface area (Å²) in [6.07, 6.45) is 1.28. The van der Waals surface area contributed by atoms with E-state index in [4.69, 9.17) is 16.3 Å². The van der Waals surface area contributed by atoms with Crippen molar-refractivity contribution in [3.63, 3.8) is 0 Å². The van der Waals surface area contributed by atoms with Crippen LogP contribution in [0.15, 0.2) is 72.9 Å². The Kier molecular flexibility index (Phi) is 7.86. The minimum atomic E-state index is -0.527. The third-order valence-electron chi connectivity index (χ3n) is 5.55. The van der Waals surface area contributed by atoms with Gasteiger partial charge in [-0.05, 0) is 67.1 Å². The van der Waals surface area contributed by atoms with Crippen molar-refractivity contribution >= 4 is 28.4 Å². The first kappa shape index (κ1) is 26.2. The Morgan fingerprint density at radius 2 is 1.80 bits per heavy atom. The molecule has 2 atom stereocenters. The van der Waals surface area contributed by atoms with Gasteiger partial charge < -0.3 is 10.1 Å². The van der Waals surface area contributed by atoms with Crippen LogP contribution in [0.1, 0.15) is 46.8 Å². The molecule has 0 bridgehead atoms. The zero-order valence-corrected chi connectivity index (χ0v) is 20.3. The highest BCUT2D eigenvalue weighted by atomic mass is 35.5. The average molecular weight is 496 g/mol. The molecular formula is C28H31ClFN3O2. The van der Waals surface area contributed by atoms with Crippen molar-refractivity contribution in [2.75, 3.05) is 0 Å². The second kappa shape index (κ2) is 10.5. The molecule has 0 spiro atoms. The Balaban J connectivity index is 0.00000342. The van der Waals surface area contributed by atoms with Gasteiger partial charge in [0.2, 0.25) is 5.91 Å². The molecule has 0 aliphatic carbocycles. The molecule has 1 N–H and O–H groups in total. The van der Waals surface area contributed by atoms with E-state index < -0.39 is 11.5 Å². The molecule has 0 fully saturated rings. The van der Waals surface area contributed by atoms with Gasteiger partial charge in [0.15, 0.2) is 0 Å². The number of rotatable bonds is 6. The van der Waals surface area contributed by atoms with E-state index in [1.165, 1.54) is 12.1 Å². The van der Waals surface area contributed by atoms with Gasteiger partial charge in [0.05, 0.1) is 23.4 Å². The highest BCUT2D eigenvalue weighted by Gasteiger charge is 2.28. The van der Waals surface area contributed by atoms with E-state index in [2.05, 4.69) is 10.4 Å². The van der Waals surface area contributed by atoms with Gasteiger partial charge in [-0.2, -0.15) is 5.10 Å². The molecule has 0 aliphatic heterocycles. The fraction of sp³-hybridized carbons (Fsp3) is 0.286. The van der Waals surface area contributed by atoms with Crippen molar-refractivity contribution in [2.24, 2.45) is 5.41 Å². The fourth-order valence-electron chi connectivity index (χ4n) is 3.66. The van der Waals surface area contributed by atoms with Crippen LogP contribution in [0.25, 0.3) is 16.6 Å². The maximum Gasteiger partial charge on any atom is 0.225 e. The number of halogens is 2. The highest BCUT2D eigenvalue weighted by molar-refractivity contribution is 6.30. The number of amides is 1. The first-order valence-electron chi connectivity index (χ1n) is 11.1. The van der Waals surface area contributed by atoms with E-state index in [1.807, 2.05) is 64.1 Å². The molecule has 4 rings (SSSR count). The number of benzene rings is 3. The molecule has 35 heavy (non-hydrogen) atoms. The predicted molar refractivity (Wildman–Crippen MR) is 140 cm³/mol. The number of hydrogen-bond acceptors (Lipinski definition) is 3. The van der Waals surface area contributed by atoms with E-state index in [1.54, 1.807) is 29.1 Å². The minimum absolute atomic E-state index is 0. The quantitative estimate of drug-likeness (QED) is 0.309. The second-order valence-corrected chi connectivity index (χ2v) is 9.80. The van der Waals surface area contributed by atoms with Crippen molar-refractivity contribution < 1.29 is 13.9 Å². The first-order valence-corrected chi connectivity index (χ1v) is 11.5. The maximum atomic E-state index is 13.3. The molecule has 4 aromatic rings. The Morgan fingerprint density at radius 1 is 1.09 bits per heavy atom. The van der Waals surface area contributed by atoms with Crippen LogP contribution in [0.2, 0.25) is 5.02 Å². The lowest BCUT2D eigenvalue weighted by Gasteiger charge is -2.29. The molecule has 0 saturated carbocycles. The lowest BCUT2D eigenvalue weighted by atomic mass is 9.94. The van der Waals surface area contributed by atoms with Crippen LogP contribution in [0.4, 0.5) is 4.39 Å². The van der Waals surface area contributed by atoms with Crippen LogP contribution in [-0.4, -0.2) is 21.7 Å². The number of fused-ring (bicyclic) bond motifs is 1. The molecule has 1 amide bonds. The molecule has 3 aromatic carbocycles. The lowest BCUT2D eigenvalue weighted by Crippen LogP contribution is -2.44. The number of nitrogens with one attached hydrogen (secondary N) is 1. The number of ether oxygens (including phenoxy) is 1. The smallest absolute Gasteiger partial charge is 0.225 e. The summed E-state index contributed by atoms with van der Waals surface area (Å²) >= 11 is 6.25. The summed E-state index contributed by atoms with van der Waals surface area (Å²) < 4.78 is 21.5. The lowest BCUT2D eigenvalue weighted by molar-refractivity contribution is -0.129. The Labute approximate surface area is 210 Å². The normalized spacial score (nSPS) is 13.1. The summed E-state index contributed by atoms with van der Waals surface area (Å²) in [5, 5.41) is 8.99.